The lowest BCUT2D eigenvalue weighted by Crippen LogP contribution is -2.41. The normalized spacial score (nSPS) is 19.1. The Morgan fingerprint density at radius 3 is 2.95 bits per heavy atom. The van der Waals surface area contributed by atoms with Gasteiger partial charge < -0.3 is 14.8 Å². The molecule has 1 aromatic heterocycles. The molecule has 1 fully saturated rings. The van der Waals surface area contributed by atoms with Crippen molar-refractivity contribution in [3.8, 4) is 0 Å². The summed E-state index contributed by atoms with van der Waals surface area (Å²) in [7, 11) is 0. The zero-order valence-corrected chi connectivity index (χ0v) is 13.9. The maximum absolute atomic E-state index is 12.7. The van der Waals surface area contributed by atoms with Crippen LogP contribution in [0, 0.1) is 5.92 Å². The highest BCUT2D eigenvalue weighted by molar-refractivity contribution is 9.10. The third-order valence-electron chi connectivity index (χ3n) is 3.97. The Hall–Kier alpha value is -0.810. The van der Waals surface area contributed by atoms with E-state index >= 15 is 0 Å². The lowest BCUT2D eigenvalue weighted by atomic mass is 9.99. The highest BCUT2D eigenvalue weighted by atomic mass is 79.9. The predicted molar refractivity (Wildman–Crippen MR) is 85.0 cm³/mol. The lowest BCUT2D eigenvalue weighted by molar-refractivity contribution is 0.0718. The maximum atomic E-state index is 12.7. The highest BCUT2D eigenvalue weighted by Gasteiger charge is 2.22. The number of carbonyl (C=O) groups is 1. The molecular weight excluding hydrogens is 318 g/mol. The van der Waals surface area contributed by atoms with Crippen LogP contribution in [0.1, 0.15) is 37.2 Å². The van der Waals surface area contributed by atoms with Gasteiger partial charge in [-0.1, -0.05) is 0 Å². The van der Waals surface area contributed by atoms with Crippen molar-refractivity contribution >= 4 is 21.8 Å². The molecule has 1 amide bonds. The van der Waals surface area contributed by atoms with Crippen LogP contribution in [-0.4, -0.2) is 41.6 Å². The first-order chi connectivity index (χ1) is 9.65. The molecule has 0 radical (unpaired) electrons. The van der Waals surface area contributed by atoms with Gasteiger partial charge in [0, 0.05) is 30.3 Å². The first kappa shape index (κ1) is 15.6. The number of carbonyl (C=O) groups excluding carboxylic acids is 1. The van der Waals surface area contributed by atoms with Gasteiger partial charge in [-0.3, -0.25) is 4.79 Å². The molecule has 2 heterocycles. The van der Waals surface area contributed by atoms with Crippen LogP contribution >= 0.6 is 15.9 Å². The van der Waals surface area contributed by atoms with E-state index in [-0.39, 0.29) is 5.91 Å². The summed E-state index contributed by atoms with van der Waals surface area (Å²) in [6.45, 7) is 8.70. The van der Waals surface area contributed by atoms with Crippen LogP contribution in [-0.2, 0) is 6.54 Å². The molecule has 1 atom stereocenters. The summed E-state index contributed by atoms with van der Waals surface area (Å²) in [5, 5.41) is 3.42. The zero-order valence-electron chi connectivity index (χ0n) is 12.4. The molecule has 1 N–H and O–H groups in total. The van der Waals surface area contributed by atoms with Crippen LogP contribution in [0.4, 0.5) is 0 Å². The summed E-state index contributed by atoms with van der Waals surface area (Å²) in [5.41, 5.74) is 0.782. The van der Waals surface area contributed by atoms with Crippen LogP contribution in [0.25, 0.3) is 0 Å². The number of hydrogen-bond acceptors (Lipinski definition) is 2. The quantitative estimate of drug-likeness (QED) is 0.893. The van der Waals surface area contributed by atoms with Crippen LogP contribution in [0.3, 0.4) is 0 Å². The van der Waals surface area contributed by atoms with Crippen molar-refractivity contribution in [3.63, 3.8) is 0 Å². The molecular formula is C15H24BrN3O. The minimum Gasteiger partial charge on any atom is -0.343 e. The number of aryl methyl sites for hydroxylation is 1. The Balaban J connectivity index is 2.07. The Kier molecular flexibility index (Phi) is 5.66. The number of rotatable bonds is 5. The van der Waals surface area contributed by atoms with Crippen molar-refractivity contribution in [1.82, 2.24) is 14.8 Å². The fraction of sp³-hybridized carbons (Fsp3) is 0.667. The fourth-order valence-electron chi connectivity index (χ4n) is 2.82. The molecule has 1 aliphatic heterocycles. The van der Waals surface area contributed by atoms with E-state index in [1.165, 1.54) is 12.8 Å². The summed E-state index contributed by atoms with van der Waals surface area (Å²) >= 11 is 3.46. The fourth-order valence-corrected chi connectivity index (χ4v) is 3.29. The zero-order chi connectivity index (χ0) is 14.5. The second-order valence-corrected chi connectivity index (χ2v) is 6.30. The van der Waals surface area contributed by atoms with Crippen LogP contribution in [0.5, 0.6) is 0 Å². The SMILES string of the molecule is CCN(CC1CCCNC1)C(=O)c1cc(Br)cn1CC. The number of halogens is 1. The molecule has 20 heavy (non-hydrogen) atoms. The summed E-state index contributed by atoms with van der Waals surface area (Å²) in [6.07, 6.45) is 4.41. The van der Waals surface area contributed by atoms with Gasteiger partial charge in [-0.05, 0) is 67.7 Å². The number of piperidine rings is 1. The molecule has 0 aliphatic carbocycles. The van der Waals surface area contributed by atoms with E-state index < -0.39 is 0 Å². The number of hydrogen-bond donors (Lipinski definition) is 1. The number of amides is 1. The van der Waals surface area contributed by atoms with Crippen molar-refractivity contribution in [2.75, 3.05) is 26.2 Å². The maximum Gasteiger partial charge on any atom is 0.270 e. The number of nitrogens with zero attached hydrogens (tertiary/aromatic N) is 2. The van der Waals surface area contributed by atoms with Crippen molar-refractivity contribution in [3.05, 3.63) is 22.4 Å². The van der Waals surface area contributed by atoms with Gasteiger partial charge in [-0.15, -0.1) is 0 Å². The van der Waals surface area contributed by atoms with E-state index in [0.717, 1.165) is 42.9 Å². The molecule has 0 saturated carbocycles. The molecule has 2 rings (SSSR count). The lowest BCUT2D eigenvalue weighted by Gasteiger charge is -2.29. The van der Waals surface area contributed by atoms with Crippen molar-refractivity contribution in [1.29, 1.82) is 0 Å². The molecule has 1 aromatic rings. The van der Waals surface area contributed by atoms with E-state index in [1.807, 2.05) is 21.7 Å². The van der Waals surface area contributed by atoms with Gasteiger partial charge in [0.1, 0.15) is 5.69 Å². The highest BCUT2D eigenvalue weighted by Crippen LogP contribution is 2.18. The minimum absolute atomic E-state index is 0.144. The second-order valence-electron chi connectivity index (χ2n) is 5.39. The second kappa shape index (κ2) is 7.27. The van der Waals surface area contributed by atoms with Crippen molar-refractivity contribution < 1.29 is 4.79 Å². The van der Waals surface area contributed by atoms with Gasteiger partial charge in [0.2, 0.25) is 0 Å². The van der Waals surface area contributed by atoms with E-state index in [4.69, 9.17) is 0 Å². The third kappa shape index (κ3) is 3.64. The topological polar surface area (TPSA) is 37.3 Å². The Morgan fingerprint density at radius 1 is 1.55 bits per heavy atom. The minimum atomic E-state index is 0.144. The van der Waals surface area contributed by atoms with Gasteiger partial charge in [-0.2, -0.15) is 0 Å². The summed E-state index contributed by atoms with van der Waals surface area (Å²) in [4.78, 5) is 14.7. The van der Waals surface area contributed by atoms with E-state index in [9.17, 15) is 4.79 Å². The van der Waals surface area contributed by atoms with Gasteiger partial charge in [0.05, 0.1) is 0 Å². The smallest absolute Gasteiger partial charge is 0.270 e. The molecule has 0 spiro atoms. The van der Waals surface area contributed by atoms with E-state index in [2.05, 4.69) is 35.1 Å². The Labute approximate surface area is 129 Å². The van der Waals surface area contributed by atoms with Gasteiger partial charge >= 0.3 is 0 Å². The largest absolute Gasteiger partial charge is 0.343 e. The molecule has 1 saturated heterocycles. The van der Waals surface area contributed by atoms with Crippen LogP contribution in [0.2, 0.25) is 0 Å². The Bertz CT molecular complexity index is 452. The Morgan fingerprint density at radius 2 is 2.35 bits per heavy atom. The molecule has 1 unspecified atom stereocenters. The monoisotopic (exact) mass is 341 g/mol. The first-order valence-corrected chi connectivity index (χ1v) is 8.30. The molecule has 0 aromatic carbocycles. The first-order valence-electron chi connectivity index (χ1n) is 7.51. The predicted octanol–water partition coefficient (Wildman–Crippen LogP) is 2.73. The number of nitrogens with one attached hydrogen (secondary N) is 1. The molecule has 1 aliphatic rings. The standard InChI is InChI=1S/C15H24BrN3O/c1-3-18-11-13(16)8-14(18)15(20)19(4-2)10-12-6-5-7-17-9-12/h8,11-12,17H,3-7,9-10H2,1-2H3. The van der Waals surface area contributed by atoms with E-state index in [1.54, 1.807) is 0 Å². The molecule has 4 nitrogen and oxygen atoms in total. The summed E-state index contributed by atoms with van der Waals surface area (Å²) in [5.74, 6) is 0.728. The van der Waals surface area contributed by atoms with Crippen LogP contribution in [0.15, 0.2) is 16.7 Å². The molecule has 0 bridgehead atoms. The number of aromatic nitrogens is 1. The van der Waals surface area contributed by atoms with Gasteiger partial charge in [-0.25, -0.2) is 0 Å². The molecule has 112 valence electrons. The van der Waals surface area contributed by atoms with Gasteiger partial charge in [0.25, 0.3) is 5.91 Å². The average Bonchev–Trinajstić information content (AvgIpc) is 2.86. The van der Waals surface area contributed by atoms with Crippen molar-refractivity contribution in [2.45, 2.75) is 33.2 Å². The van der Waals surface area contributed by atoms with Crippen LogP contribution < -0.4 is 5.32 Å². The summed E-state index contributed by atoms with van der Waals surface area (Å²) < 4.78 is 2.98. The summed E-state index contributed by atoms with van der Waals surface area (Å²) in [6, 6.07) is 1.92. The average molecular weight is 342 g/mol. The third-order valence-corrected chi connectivity index (χ3v) is 4.40. The van der Waals surface area contributed by atoms with Crippen molar-refractivity contribution in [2.24, 2.45) is 5.92 Å². The molecule has 5 heteroatoms. The van der Waals surface area contributed by atoms with Gasteiger partial charge in [0.15, 0.2) is 0 Å². The van der Waals surface area contributed by atoms with E-state index in [0.29, 0.717) is 5.92 Å².